The SMILES string of the molecule is CCN(CC)CC(=O)NC1=C(C)CCC=C1C. The summed E-state index contributed by atoms with van der Waals surface area (Å²) < 4.78 is 0. The van der Waals surface area contributed by atoms with Gasteiger partial charge in [-0.15, -0.1) is 0 Å². The molecule has 1 aliphatic rings. The Hall–Kier alpha value is -1.09. The van der Waals surface area contributed by atoms with E-state index in [0.29, 0.717) is 6.54 Å². The predicted octanol–water partition coefficient (Wildman–Crippen LogP) is 2.46. The van der Waals surface area contributed by atoms with Gasteiger partial charge in [-0.2, -0.15) is 0 Å². The lowest BCUT2D eigenvalue weighted by molar-refractivity contribution is -0.121. The van der Waals surface area contributed by atoms with Crippen LogP contribution < -0.4 is 5.32 Å². The van der Waals surface area contributed by atoms with Crippen LogP contribution in [0.4, 0.5) is 0 Å². The topological polar surface area (TPSA) is 32.3 Å². The quantitative estimate of drug-likeness (QED) is 0.795. The molecule has 0 spiro atoms. The van der Waals surface area contributed by atoms with E-state index < -0.39 is 0 Å². The minimum atomic E-state index is 0.0951. The first kappa shape index (κ1) is 14.0. The average molecular weight is 236 g/mol. The van der Waals surface area contributed by atoms with Crippen molar-refractivity contribution < 1.29 is 4.79 Å². The molecular formula is C14H24N2O. The zero-order valence-electron chi connectivity index (χ0n) is 11.5. The molecule has 0 saturated heterocycles. The zero-order chi connectivity index (χ0) is 12.8. The average Bonchev–Trinajstić information content (AvgIpc) is 2.31. The summed E-state index contributed by atoms with van der Waals surface area (Å²) >= 11 is 0. The maximum absolute atomic E-state index is 11.9. The molecule has 0 bridgehead atoms. The number of rotatable bonds is 5. The molecule has 0 aromatic rings. The third kappa shape index (κ3) is 4.00. The number of amides is 1. The second-order valence-electron chi connectivity index (χ2n) is 4.59. The predicted molar refractivity (Wildman–Crippen MR) is 71.6 cm³/mol. The second kappa shape index (κ2) is 6.60. The molecule has 0 unspecified atom stereocenters. The molecule has 1 amide bonds. The van der Waals surface area contributed by atoms with Gasteiger partial charge in [0.1, 0.15) is 0 Å². The summed E-state index contributed by atoms with van der Waals surface area (Å²) in [6.45, 7) is 10.6. The van der Waals surface area contributed by atoms with Gasteiger partial charge in [0.05, 0.1) is 6.54 Å². The van der Waals surface area contributed by atoms with Crippen molar-refractivity contribution in [2.75, 3.05) is 19.6 Å². The molecule has 0 aromatic carbocycles. The Labute approximate surface area is 105 Å². The summed E-state index contributed by atoms with van der Waals surface area (Å²) in [5.41, 5.74) is 3.52. The molecule has 0 saturated carbocycles. The van der Waals surface area contributed by atoms with Gasteiger partial charge in [-0.05, 0) is 50.9 Å². The van der Waals surface area contributed by atoms with Gasteiger partial charge < -0.3 is 5.32 Å². The van der Waals surface area contributed by atoms with Gasteiger partial charge in [0.25, 0.3) is 0 Å². The van der Waals surface area contributed by atoms with E-state index in [1.807, 2.05) is 0 Å². The highest BCUT2D eigenvalue weighted by atomic mass is 16.2. The van der Waals surface area contributed by atoms with Crippen LogP contribution in [0.25, 0.3) is 0 Å². The second-order valence-corrected chi connectivity index (χ2v) is 4.59. The van der Waals surface area contributed by atoms with Crippen LogP contribution >= 0.6 is 0 Å². The monoisotopic (exact) mass is 236 g/mol. The van der Waals surface area contributed by atoms with Crippen molar-refractivity contribution in [3.8, 4) is 0 Å². The fraction of sp³-hybridized carbons (Fsp3) is 0.643. The van der Waals surface area contributed by atoms with Crippen molar-refractivity contribution >= 4 is 5.91 Å². The van der Waals surface area contributed by atoms with Crippen LogP contribution in [0.15, 0.2) is 22.9 Å². The molecule has 0 fully saturated rings. The van der Waals surface area contributed by atoms with E-state index in [-0.39, 0.29) is 5.91 Å². The normalized spacial score (nSPS) is 16.2. The molecule has 0 radical (unpaired) electrons. The first-order valence-electron chi connectivity index (χ1n) is 6.47. The number of hydrogen-bond donors (Lipinski definition) is 1. The van der Waals surface area contributed by atoms with Gasteiger partial charge in [-0.25, -0.2) is 0 Å². The lowest BCUT2D eigenvalue weighted by atomic mass is 9.98. The summed E-state index contributed by atoms with van der Waals surface area (Å²) in [6.07, 6.45) is 4.34. The highest BCUT2D eigenvalue weighted by Gasteiger charge is 2.14. The summed E-state index contributed by atoms with van der Waals surface area (Å²) in [5.74, 6) is 0.0951. The number of nitrogens with zero attached hydrogens (tertiary/aromatic N) is 1. The molecule has 96 valence electrons. The van der Waals surface area contributed by atoms with Crippen molar-refractivity contribution in [3.05, 3.63) is 22.9 Å². The third-order valence-electron chi connectivity index (χ3n) is 3.32. The summed E-state index contributed by atoms with van der Waals surface area (Å²) in [6, 6.07) is 0. The standard InChI is InChI=1S/C14H24N2O/c1-5-16(6-2)10-13(17)15-14-11(3)8-7-9-12(14)4/h8H,5-7,9-10H2,1-4H3,(H,15,17). The molecule has 0 aromatic heterocycles. The Bertz CT molecular complexity index is 338. The van der Waals surface area contributed by atoms with E-state index in [9.17, 15) is 4.79 Å². The van der Waals surface area contributed by atoms with Crippen LogP contribution in [0.1, 0.15) is 40.5 Å². The van der Waals surface area contributed by atoms with Gasteiger partial charge >= 0.3 is 0 Å². The van der Waals surface area contributed by atoms with Crippen molar-refractivity contribution in [2.24, 2.45) is 0 Å². The van der Waals surface area contributed by atoms with Crippen LogP contribution in [0, 0.1) is 0 Å². The van der Waals surface area contributed by atoms with Crippen LogP contribution in [0.5, 0.6) is 0 Å². The van der Waals surface area contributed by atoms with Crippen LogP contribution in [-0.2, 0) is 4.79 Å². The molecule has 3 nitrogen and oxygen atoms in total. The molecule has 1 N–H and O–H groups in total. The zero-order valence-corrected chi connectivity index (χ0v) is 11.5. The molecule has 0 heterocycles. The summed E-state index contributed by atoms with van der Waals surface area (Å²) in [4.78, 5) is 14.0. The largest absolute Gasteiger partial charge is 0.325 e. The fourth-order valence-electron chi connectivity index (χ4n) is 2.10. The highest BCUT2D eigenvalue weighted by molar-refractivity contribution is 5.80. The number of likely N-dealkylation sites (N-methyl/N-ethyl adjacent to an activating group) is 1. The maximum atomic E-state index is 11.9. The molecule has 0 atom stereocenters. The lowest BCUT2D eigenvalue weighted by Crippen LogP contribution is -2.37. The number of allylic oxidation sites excluding steroid dienone is 3. The highest BCUT2D eigenvalue weighted by Crippen LogP contribution is 2.22. The molecule has 17 heavy (non-hydrogen) atoms. The van der Waals surface area contributed by atoms with E-state index in [4.69, 9.17) is 0 Å². The van der Waals surface area contributed by atoms with Crippen LogP contribution in [-0.4, -0.2) is 30.4 Å². The van der Waals surface area contributed by atoms with Crippen molar-refractivity contribution in [3.63, 3.8) is 0 Å². The lowest BCUT2D eigenvalue weighted by Gasteiger charge is -2.21. The first-order chi connectivity index (χ1) is 8.08. The number of carbonyl (C=O) groups excluding carboxylic acids is 1. The van der Waals surface area contributed by atoms with Crippen molar-refractivity contribution in [2.45, 2.75) is 40.5 Å². The van der Waals surface area contributed by atoms with Gasteiger partial charge in [0.15, 0.2) is 0 Å². The Balaban J connectivity index is 2.59. The third-order valence-corrected chi connectivity index (χ3v) is 3.32. The van der Waals surface area contributed by atoms with Gasteiger partial charge in [0.2, 0.25) is 5.91 Å². The van der Waals surface area contributed by atoms with E-state index in [2.05, 4.69) is 44.0 Å². The van der Waals surface area contributed by atoms with Crippen molar-refractivity contribution in [1.82, 2.24) is 10.2 Å². The smallest absolute Gasteiger partial charge is 0.238 e. The van der Waals surface area contributed by atoms with Gasteiger partial charge in [0, 0.05) is 5.70 Å². The Morgan fingerprint density at radius 2 is 2.00 bits per heavy atom. The van der Waals surface area contributed by atoms with Crippen LogP contribution in [0.3, 0.4) is 0 Å². The molecule has 1 rings (SSSR count). The maximum Gasteiger partial charge on any atom is 0.238 e. The molecule has 1 aliphatic carbocycles. The van der Waals surface area contributed by atoms with E-state index >= 15 is 0 Å². The van der Waals surface area contributed by atoms with E-state index in [0.717, 1.165) is 31.6 Å². The van der Waals surface area contributed by atoms with Gasteiger partial charge in [-0.1, -0.05) is 19.9 Å². The number of carbonyl (C=O) groups is 1. The fourth-order valence-corrected chi connectivity index (χ4v) is 2.10. The summed E-state index contributed by atoms with van der Waals surface area (Å²) in [5, 5.41) is 3.05. The van der Waals surface area contributed by atoms with E-state index in [1.165, 1.54) is 11.1 Å². The van der Waals surface area contributed by atoms with Crippen LogP contribution in [0.2, 0.25) is 0 Å². The summed E-state index contributed by atoms with van der Waals surface area (Å²) in [7, 11) is 0. The molecule has 0 aliphatic heterocycles. The van der Waals surface area contributed by atoms with Crippen molar-refractivity contribution in [1.29, 1.82) is 0 Å². The van der Waals surface area contributed by atoms with Gasteiger partial charge in [-0.3, -0.25) is 9.69 Å². The molecule has 3 heteroatoms. The Morgan fingerprint density at radius 1 is 1.35 bits per heavy atom. The van der Waals surface area contributed by atoms with E-state index in [1.54, 1.807) is 0 Å². The minimum absolute atomic E-state index is 0.0951. The Morgan fingerprint density at radius 3 is 2.53 bits per heavy atom. The number of nitrogens with one attached hydrogen (secondary N) is 1. The minimum Gasteiger partial charge on any atom is -0.325 e. The first-order valence-corrected chi connectivity index (χ1v) is 6.47. The Kier molecular flexibility index (Phi) is 5.42. The number of hydrogen-bond acceptors (Lipinski definition) is 2. The molecular weight excluding hydrogens is 212 g/mol.